The summed E-state index contributed by atoms with van der Waals surface area (Å²) in [5.74, 6) is 0. The first-order valence-electron chi connectivity index (χ1n) is 4.65. The van der Waals surface area contributed by atoms with Gasteiger partial charge in [-0.15, -0.1) is 0 Å². The molecule has 0 N–H and O–H groups in total. The molecule has 3 heteroatoms. The summed E-state index contributed by atoms with van der Waals surface area (Å²) in [5.41, 5.74) is 1.46. The van der Waals surface area contributed by atoms with E-state index in [-0.39, 0.29) is 0 Å². The van der Waals surface area contributed by atoms with E-state index in [2.05, 4.69) is 19.9 Å². The van der Waals surface area contributed by atoms with Gasteiger partial charge in [0.05, 0.1) is 0 Å². The van der Waals surface area contributed by atoms with Crippen LogP contribution in [-0.4, -0.2) is 31.7 Å². The van der Waals surface area contributed by atoms with Crippen LogP contribution in [0.3, 0.4) is 0 Å². The quantitative estimate of drug-likeness (QED) is 0.464. The van der Waals surface area contributed by atoms with Gasteiger partial charge in [0.15, 0.2) is 0 Å². The van der Waals surface area contributed by atoms with E-state index >= 15 is 0 Å². The van der Waals surface area contributed by atoms with Gasteiger partial charge in [0.1, 0.15) is 0 Å². The van der Waals surface area contributed by atoms with Gasteiger partial charge in [-0.25, -0.2) is 0 Å². The zero-order valence-corrected chi connectivity index (χ0v) is 8.77. The molecule has 0 amide bonds. The van der Waals surface area contributed by atoms with Crippen molar-refractivity contribution in [2.45, 2.75) is 13.8 Å². The van der Waals surface area contributed by atoms with Crippen molar-refractivity contribution in [2.75, 3.05) is 31.7 Å². The molecule has 1 saturated heterocycles. The predicted octanol–water partition coefficient (Wildman–Crippen LogP) is 2.40. The number of rotatable bonds is 1. The van der Waals surface area contributed by atoms with Crippen molar-refractivity contribution in [3.05, 3.63) is 11.6 Å². The molecule has 2 heterocycles. The Hall–Kier alpha value is 0.0900. The molecule has 0 saturated carbocycles. The molecule has 0 aromatic heterocycles. The van der Waals surface area contributed by atoms with E-state index in [1.54, 1.807) is 0 Å². The Bertz CT molecular complexity index is 229. The van der Waals surface area contributed by atoms with Crippen LogP contribution in [0, 0.1) is 0 Å². The average Bonchev–Trinajstić information content (AvgIpc) is 2.62. The van der Waals surface area contributed by atoms with E-state index in [0.717, 1.165) is 31.7 Å². The molecule has 0 atom stereocenters. The van der Waals surface area contributed by atoms with Gasteiger partial charge >= 0.3 is 73.3 Å². The molecule has 0 aromatic rings. The normalized spacial score (nSPS) is 34.5. The minimum absolute atomic E-state index is 0.812. The first-order chi connectivity index (χ1) is 5.68. The molecule has 2 aliphatic rings. The fourth-order valence-electron chi connectivity index (χ4n) is 2.24. The van der Waals surface area contributed by atoms with Gasteiger partial charge in [0.25, 0.3) is 0 Å². The second-order valence-electron chi connectivity index (χ2n) is 3.89. The summed E-state index contributed by atoms with van der Waals surface area (Å²) < 4.78 is 11.9. The fourth-order valence-corrected chi connectivity index (χ4v) is 6.72. The molecular formula is C9H17O2P. The summed E-state index contributed by atoms with van der Waals surface area (Å²) in [5, 5.41) is 0. The van der Waals surface area contributed by atoms with Crippen LogP contribution >= 0.6 is 7.06 Å². The van der Waals surface area contributed by atoms with Crippen molar-refractivity contribution in [2.24, 2.45) is 0 Å². The third-order valence-electron chi connectivity index (χ3n) is 3.07. The minimum atomic E-state index is -2.11. The van der Waals surface area contributed by atoms with Crippen molar-refractivity contribution in [3.8, 4) is 0 Å². The van der Waals surface area contributed by atoms with Gasteiger partial charge in [-0.2, -0.15) is 0 Å². The monoisotopic (exact) mass is 188 g/mol. The summed E-state index contributed by atoms with van der Waals surface area (Å²) in [4.78, 5) is 0. The third-order valence-corrected chi connectivity index (χ3v) is 8.36. The molecule has 2 nitrogen and oxygen atoms in total. The Morgan fingerprint density at radius 2 is 2.08 bits per heavy atom. The molecular weight excluding hydrogens is 171 g/mol. The number of allylic oxidation sites excluding steroid dienone is 2. The standard InChI is InChI=1S/C9H17O2P/c1-3-12(10-5-6-11-12)7-4-9(2)8-12/h4H,3,5-8H2,1-2H3. The van der Waals surface area contributed by atoms with Gasteiger partial charge < -0.3 is 0 Å². The van der Waals surface area contributed by atoms with Crippen LogP contribution in [0.1, 0.15) is 13.8 Å². The first-order valence-corrected chi connectivity index (χ1v) is 7.28. The van der Waals surface area contributed by atoms with Gasteiger partial charge in [-0.1, -0.05) is 0 Å². The zero-order chi connectivity index (χ0) is 8.68. The second-order valence-corrected chi connectivity index (χ2v) is 8.76. The van der Waals surface area contributed by atoms with E-state index in [1.165, 1.54) is 5.57 Å². The van der Waals surface area contributed by atoms with Gasteiger partial charge in [0, 0.05) is 0 Å². The predicted molar refractivity (Wildman–Crippen MR) is 52.9 cm³/mol. The second kappa shape index (κ2) is 2.54. The zero-order valence-electron chi connectivity index (χ0n) is 7.88. The maximum absolute atomic E-state index is 5.96. The molecule has 1 fully saturated rings. The molecule has 0 bridgehead atoms. The number of hydrogen-bond acceptors (Lipinski definition) is 2. The van der Waals surface area contributed by atoms with Crippen molar-refractivity contribution in [1.29, 1.82) is 0 Å². The fraction of sp³-hybridized carbons (Fsp3) is 0.778. The molecule has 2 aliphatic heterocycles. The van der Waals surface area contributed by atoms with Crippen LogP contribution < -0.4 is 0 Å². The summed E-state index contributed by atoms with van der Waals surface area (Å²) in [6, 6.07) is 0. The molecule has 0 unspecified atom stereocenters. The van der Waals surface area contributed by atoms with Crippen LogP contribution in [0.4, 0.5) is 0 Å². The summed E-state index contributed by atoms with van der Waals surface area (Å²) in [6.07, 6.45) is 5.53. The Kier molecular flexibility index (Phi) is 1.84. The van der Waals surface area contributed by atoms with Crippen LogP contribution in [-0.2, 0) is 9.05 Å². The summed E-state index contributed by atoms with van der Waals surface area (Å²) in [7, 11) is -2.11. The van der Waals surface area contributed by atoms with E-state index in [4.69, 9.17) is 9.05 Å². The van der Waals surface area contributed by atoms with Crippen molar-refractivity contribution in [3.63, 3.8) is 0 Å². The topological polar surface area (TPSA) is 18.5 Å². The van der Waals surface area contributed by atoms with E-state index in [9.17, 15) is 0 Å². The van der Waals surface area contributed by atoms with Crippen LogP contribution in [0.2, 0.25) is 0 Å². The molecule has 0 aromatic carbocycles. The summed E-state index contributed by atoms with van der Waals surface area (Å²) in [6.45, 7) is 6.01. The van der Waals surface area contributed by atoms with Crippen molar-refractivity contribution < 1.29 is 9.05 Å². The van der Waals surface area contributed by atoms with E-state index < -0.39 is 7.06 Å². The summed E-state index contributed by atoms with van der Waals surface area (Å²) >= 11 is 0. The maximum atomic E-state index is 5.96. The van der Waals surface area contributed by atoms with E-state index in [0.29, 0.717) is 0 Å². The van der Waals surface area contributed by atoms with Crippen LogP contribution in [0.15, 0.2) is 11.6 Å². The molecule has 0 aliphatic carbocycles. The van der Waals surface area contributed by atoms with Crippen molar-refractivity contribution in [1.82, 2.24) is 0 Å². The third kappa shape index (κ3) is 1.06. The molecule has 2 rings (SSSR count). The number of hydrogen-bond donors (Lipinski definition) is 0. The molecule has 0 radical (unpaired) electrons. The molecule has 1 spiro atoms. The Morgan fingerprint density at radius 1 is 1.42 bits per heavy atom. The van der Waals surface area contributed by atoms with Gasteiger partial charge in [-0.05, 0) is 0 Å². The average molecular weight is 188 g/mol. The van der Waals surface area contributed by atoms with Gasteiger partial charge in [-0.3, -0.25) is 0 Å². The Morgan fingerprint density at radius 3 is 2.50 bits per heavy atom. The molecule has 12 heavy (non-hydrogen) atoms. The SMILES string of the molecule is CCP12(CC=C(C)C1)OCCO2. The van der Waals surface area contributed by atoms with Crippen molar-refractivity contribution >= 4 is 7.06 Å². The van der Waals surface area contributed by atoms with Crippen LogP contribution in [0.5, 0.6) is 0 Å². The van der Waals surface area contributed by atoms with Gasteiger partial charge in [0.2, 0.25) is 0 Å². The first kappa shape index (κ1) is 8.68. The Balaban J connectivity index is 2.26. The van der Waals surface area contributed by atoms with Crippen LogP contribution in [0.25, 0.3) is 0 Å². The van der Waals surface area contributed by atoms with E-state index in [1.807, 2.05) is 0 Å². The Labute approximate surface area is 74.0 Å². The molecule has 70 valence electrons.